The van der Waals surface area contributed by atoms with Crippen molar-refractivity contribution < 1.29 is 4.79 Å². The second-order valence-corrected chi connectivity index (χ2v) is 9.06. The lowest BCUT2D eigenvalue weighted by atomic mass is 9.91. The first-order valence-electron chi connectivity index (χ1n) is 12.7. The van der Waals surface area contributed by atoms with Crippen LogP contribution in [-0.2, 0) is 4.79 Å². The number of rotatable bonds is 7. The lowest BCUT2D eigenvalue weighted by Gasteiger charge is -2.39. The fraction of sp³-hybridized carbons (Fsp3) is 0.281. The number of carbonyl (C=O) groups excluding carboxylic acids is 1. The van der Waals surface area contributed by atoms with E-state index in [1.165, 1.54) is 48.3 Å². The minimum atomic E-state index is 0.285. The van der Waals surface area contributed by atoms with E-state index in [9.17, 15) is 0 Å². The van der Waals surface area contributed by atoms with Crippen LogP contribution < -0.4 is 10.2 Å². The molecule has 3 aromatic carbocycles. The molecular weight excluding hydrogens is 442 g/mol. The molecule has 1 N–H and O–H groups in total. The van der Waals surface area contributed by atoms with Crippen molar-refractivity contribution in [1.29, 1.82) is 0 Å². The topological polar surface area (TPSA) is 35.6 Å². The van der Waals surface area contributed by atoms with Crippen molar-refractivity contribution in [3.63, 3.8) is 0 Å². The standard InChI is InChI=1S/C29H33N3.C2H4.CH2O/c1-23(30-21-29(24-10-4-2-5-11-24)25-12-6-3-7-13-25)26-14-8-15-27(20-26)32-19-18-31-17-9-16-28(31)22-32;2*1-2/h2-8,10-15,20,28-30H,1,9,16-19,21-22H2;1-2H2;1H2. The van der Waals surface area contributed by atoms with Crippen molar-refractivity contribution in [3.05, 3.63) is 121 Å². The second kappa shape index (κ2) is 14.1. The van der Waals surface area contributed by atoms with E-state index in [-0.39, 0.29) is 5.92 Å². The van der Waals surface area contributed by atoms with Gasteiger partial charge in [0.1, 0.15) is 6.79 Å². The minimum Gasteiger partial charge on any atom is -0.384 e. The van der Waals surface area contributed by atoms with Crippen molar-refractivity contribution in [2.75, 3.05) is 37.6 Å². The average Bonchev–Trinajstić information content (AvgIpc) is 3.45. The summed E-state index contributed by atoms with van der Waals surface area (Å²) < 4.78 is 0. The van der Waals surface area contributed by atoms with Gasteiger partial charge in [0, 0.05) is 49.5 Å². The maximum atomic E-state index is 8.00. The Hall–Kier alpha value is -3.63. The van der Waals surface area contributed by atoms with E-state index in [4.69, 9.17) is 4.79 Å². The van der Waals surface area contributed by atoms with E-state index in [0.717, 1.165) is 31.4 Å². The van der Waals surface area contributed by atoms with Crippen LogP contribution in [0.3, 0.4) is 0 Å². The van der Waals surface area contributed by atoms with Crippen LogP contribution in [0.25, 0.3) is 5.70 Å². The van der Waals surface area contributed by atoms with Crippen molar-refractivity contribution in [2.45, 2.75) is 24.8 Å². The number of fused-ring (bicyclic) bond motifs is 1. The predicted octanol–water partition coefficient (Wildman–Crippen LogP) is 5.98. The molecule has 2 heterocycles. The van der Waals surface area contributed by atoms with Crippen molar-refractivity contribution in [3.8, 4) is 0 Å². The Kier molecular flexibility index (Phi) is 10.5. The zero-order valence-electron chi connectivity index (χ0n) is 21.3. The SMILES string of the molecule is C=C.C=C(NCC(c1ccccc1)c1ccccc1)c1cccc(N2CCN3CCCC3C2)c1.C=O. The van der Waals surface area contributed by atoms with Crippen molar-refractivity contribution >= 4 is 18.2 Å². The summed E-state index contributed by atoms with van der Waals surface area (Å²) in [6.07, 6.45) is 2.69. The monoisotopic (exact) mass is 481 g/mol. The number of benzene rings is 3. The van der Waals surface area contributed by atoms with E-state index in [0.29, 0.717) is 0 Å². The Bertz CT molecular complexity index is 1030. The molecule has 2 fully saturated rings. The summed E-state index contributed by atoms with van der Waals surface area (Å²) in [5, 5.41) is 3.64. The Morgan fingerprint density at radius 2 is 1.50 bits per heavy atom. The molecule has 0 amide bonds. The number of hydrogen-bond acceptors (Lipinski definition) is 4. The van der Waals surface area contributed by atoms with Gasteiger partial charge in [0.15, 0.2) is 0 Å². The van der Waals surface area contributed by atoms with Gasteiger partial charge in [0.2, 0.25) is 0 Å². The largest absolute Gasteiger partial charge is 0.384 e. The van der Waals surface area contributed by atoms with Gasteiger partial charge in [0.05, 0.1) is 0 Å². The van der Waals surface area contributed by atoms with E-state index < -0.39 is 0 Å². The normalized spacial score (nSPS) is 16.7. The van der Waals surface area contributed by atoms with Crippen LogP contribution in [0.4, 0.5) is 5.69 Å². The molecule has 0 saturated carbocycles. The van der Waals surface area contributed by atoms with Crippen LogP contribution in [0, 0.1) is 0 Å². The summed E-state index contributed by atoms with van der Waals surface area (Å²) in [4.78, 5) is 13.2. The molecule has 36 heavy (non-hydrogen) atoms. The van der Waals surface area contributed by atoms with Gasteiger partial charge < -0.3 is 15.0 Å². The molecule has 0 spiro atoms. The van der Waals surface area contributed by atoms with Gasteiger partial charge in [-0.1, -0.05) is 79.4 Å². The van der Waals surface area contributed by atoms with Crippen molar-refractivity contribution in [1.82, 2.24) is 10.2 Å². The molecule has 2 aliphatic heterocycles. The molecule has 0 aliphatic carbocycles. The molecule has 188 valence electrons. The fourth-order valence-corrected chi connectivity index (χ4v) is 5.24. The summed E-state index contributed by atoms with van der Waals surface area (Å²) in [5.74, 6) is 0.285. The quantitative estimate of drug-likeness (QED) is 0.421. The zero-order chi connectivity index (χ0) is 25.8. The second-order valence-electron chi connectivity index (χ2n) is 9.06. The Morgan fingerprint density at radius 3 is 2.14 bits per heavy atom. The molecule has 3 aromatic rings. The number of hydrogen-bond donors (Lipinski definition) is 1. The smallest absolute Gasteiger partial charge is 0.106 e. The highest BCUT2D eigenvalue weighted by molar-refractivity contribution is 5.66. The molecule has 0 bridgehead atoms. The number of carbonyl (C=O) groups is 1. The third-order valence-corrected chi connectivity index (χ3v) is 7.07. The summed E-state index contributed by atoms with van der Waals surface area (Å²) in [7, 11) is 0. The highest BCUT2D eigenvalue weighted by Gasteiger charge is 2.30. The van der Waals surface area contributed by atoms with Gasteiger partial charge in [-0.25, -0.2) is 0 Å². The summed E-state index contributed by atoms with van der Waals surface area (Å²) >= 11 is 0. The molecule has 4 nitrogen and oxygen atoms in total. The first-order valence-corrected chi connectivity index (χ1v) is 12.7. The number of anilines is 1. The van der Waals surface area contributed by atoms with Gasteiger partial charge in [-0.2, -0.15) is 0 Å². The van der Waals surface area contributed by atoms with Crippen LogP contribution in [-0.4, -0.2) is 50.5 Å². The fourth-order valence-electron chi connectivity index (χ4n) is 5.24. The van der Waals surface area contributed by atoms with Gasteiger partial charge in [-0.3, -0.25) is 4.90 Å². The molecule has 4 heteroatoms. The van der Waals surface area contributed by atoms with Crippen LogP contribution in [0.5, 0.6) is 0 Å². The van der Waals surface area contributed by atoms with E-state index in [1.807, 2.05) is 6.79 Å². The number of nitrogens with zero attached hydrogens (tertiary/aromatic N) is 2. The lowest BCUT2D eigenvalue weighted by molar-refractivity contribution is -0.0979. The molecular formula is C32H39N3O. The first kappa shape index (κ1) is 27.0. The molecule has 0 aromatic heterocycles. The zero-order valence-corrected chi connectivity index (χ0v) is 21.3. The van der Waals surface area contributed by atoms with E-state index in [1.54, 1.807) is 0 Å². The minimum absolute atomic E-state index is 0.285. The molecule has 5 rings (SSSR count). The first-order chi connectivity index (χ1) is 17.8. The van der Waals surface area contributed by atoms with Gasteiger partial charge in [-0.05, 0) is 48.2 Å². The Balaban J connectivity index is 0.000000861. The van der Waals surface area contributed by atoms with Crippen molar-refractivity contribution in [2.24, 2.45) is 0 Å². The lowest BCUT2D eigenvalue weighted by Crippen LogP contribution is -2.50. The summed E-state index contributed by atoms with van der Waals surface area (Å²) in [6.45, 7) is 17.9. The molecule has 1 atom stereocenters. The van der Waals surface area contributed by atoms with E-state index in [2.05, 4.69) is 120 Å². The van der Waals surface area contributed by atoms with Crippen LogP contribution in [0.2, 0.25) is 0 Å². The summed E-state index contributed by atoms with van der Waals surface area (Å²) in [5.41, 5.74) is 6.13. The maximum Gasteiger partial charge on any atom is 0.106 e. The maximum absolute atomic E-state index is 8.00. The average molecular weight is 482 g/mol. The van der Waals surface area contributed by atoms with Crippen LogP contribution >= 0.6 is 0 Å². The summed E-state index contributed by atoms with van der Waals surface area (Å²) in [6, 6.07) is 31.1. The molecule has 1 unspecified atom stereocenters. The molecule has 2 aliphatic rings. The van der Waals surface area contributed by atoms with Crippen LogP contribution in [0.15, 0.2) is 105 Å². The highest BCUT2D eigenvalue weighted by atomic mass is 16.1. The Morgan fingerprint density at radius 1 is 0.861 bits per heavy atom. The van der Waals surface area contributed by atoms with Gasteiger partial charge in [-0.15, -0.1) is 13.2 Å². The number of piperazine rings is 1. The third kappa shape index (κ3) is 6.73. The highest BCUT2D eigenvalue weighted by Crippen LogP contribution is 2.28. The van der Waals surface area contributed by atoms with Crippen LogP contribution in [0.1, 0.15) is 35.4 Å². The molecule has 0 radical (unpaired) electrons. The number of nitrogens with one attached hydrogen (secondary N) is 1. The van der Waals surface area contributed by atoms with Gasteiger partial charge >= 0.3 is 0 Å². The van der Waals surface area contributed by atoms with Gasteiger partial charge in [0.25, 0.3) is 0 Å². The third-order valence-electron chi connectivity index (χ3n) is 7.07. The Labute approximate surface area is 217 Å². The van der Waals surface area contributed by atoms with E-state index >= 15 is 0 Å². The molecule has 2 saturated heterocycles. The predicted molar refractivity (Wildman–Crippen MR) is 153 cm³/mol.